The van der Waals surface area contributed by atoms with Gasteiger partial charge in [-0.3, -0.25) is 4.79 Å². The molecule has 2 aromatic carbocycles. The van der Waals surface area contributed by atoms with E-state index < -0.39 is 0 Å². The van der Waals surface area contributed by atoms with Gasteiger partial charge >= 0.3 is 0 Å². The molecule has 0 aliphatic carbocycles. The molecule has 1 unspecified atom stereocenters. The summed E-state index contributed by atoms with van der Waals surface area (Å²) in [5.41, 5.74) is 3.02. The van der Waals surface area contributed by atoms with Crippen molar-refractivity contribution in [1.82, 2.24) is 5.32 Å². The maximum Gasteiger partial charge on any atom is 0.179 e. The van der Waals surface area contributed by atoms with E-state index in [1.165, 1.54) is 5.56 Å². The number of hydrogen-bond acceptors (Lipinski definition) is 3. The van der Waals surface area contributed by atoms with Crippen LogP contribution < -0.4 is 10.2 Å². The van der Waals surface area contributed by atoms with Crippen molar-refractivity contribution in [2.75, 3.05) is 19.0 Å². The Morgan fingerprint density at radius 3 is 2.09 bits per heavy atom. The minimum Gasteiger partial charge on any atom is -0.378 e. The monoisotopic (exact) mass is 354 g/mol. The molecule has 0 saturated carbocycles. The van der Waals surface area contributed by atoms with Crippen LogP contribution in [0.2, 0.25) is 0 Å². The number of rotatable bonds is 6. The zero-order chi connectivity index (χ0) is 15.2. The van der Waals surface area contributed by atoms with Gasteiger partial charge in [0.15, 0.2) is 5.78 Å². The number of halogens is 2. The number of anilines is 1. The van der Waals surface area contributed by atoms with Gasteiger partial charge in [0.2, 0.25) is 0 Å². The molecule has 0 aliphatic rings. The maximum absolute atomic E-state index is 12.4. The molecule has 1 atom stereocenters. The zero-order valence-electron chi connectivity index (χ0n) is 13.7. The quantitative estimate of drug-likeness (QED) is 0.796. The molecular weight excluding hydrogens is 331 g/mol. The van der Waals surface area contributed by atoms with E-state index in [1.54, 1.807) is 0 Å². The summed E-state index contributed by atoms with van der Waals surface area (Å²) >= 11 is 0. The third-order valence-corrected chi connectivity index (χ3v) is 3.52. The van der Waals surface area contributed by atoms with Crippen LogP contribution in [0, 0.1) is 0 Å². The lowest BCUT2D eigenvalue weighted by Crippen LogP contribution is -2.33. The summed E-state index contributed by atoms with van der Waals surface area (Å²) in [4.78, 5) is 14.4. The first-order valence-electron chi connectivity index (χ1n) is 7.17. The van der Waals surface area contributed by atoms with Crippen LogP contribution >= 0.6 is 24.8 Å². The molecule has 0 bridgehead atoms. The highest BCUT2D eigenvalue weighted by molar-refractivity contribution is 6.00. The predicted molar refractivity (Wildman–Crippen MR) is 102 cm³/mol. The first-order chi connectivity index (χ1) is 10.1. The SMILES string of the molecule is CC(NCc1ccccc1)C(=O)c1ccc(N(C)C)cc1.Cl.Cl. The molecule has 3 nitrogen and oxygen atoms in total. The van der Waals surface area contributed by atoms with Gasteiger partial charge in [-0.15, -0.1) is 24.8 Å². The number of Topliss-reactive ketones (excluding diaryl/α,β-unsaturated/α-hetero) is 1. The van der Waals surface area contributed by atoms with Crippen molar-refractivity contribution in [3.8, 4) is 0 Å². The number of ketones is 1. The van der Waals surface area contributed by atoms with Gasteiger partial charge in [-0.25, -0.2) is 0 Å². The van der Waals surface area contributed by atoms with E-state index in [1.807, 2.05) is 68.4 Å². The van der Waals surface area contributed by atoms with E-state index >= 15 is 0 Å². The lowest BCUT2D eigenvalue weighted by molar-refractivity contribution is 0.0950. The molecule has 0 aromatic heterocycles. The molecule has 0 fully saturated rings. The molecule has 0 spiro atoms. The van der Waals surface area contributed by atoms with E-state index in [4.69, 9.17) is 0 Å². The van der Waals surface area contributed by atoms with Crippen molar-refractivity contribution in [1.29, 1.82) is 0 Å². The molecule has 126 valence electrons. The van der Waals surface area contributed by atoms with Crippen LogP contribution in [0.25, 0.3) is 0 Å². The zero-order valence-corrected chi connectivity index (χ0v) is 15.3. The van der Waals surface area contributed by atoms with Crippen molar-refractivity contribution >= 4 is 36.3 Å². The van der Waals surface area contributed by atoms with E-state index in [2.05, 4.69) is 17.4 Å². The van der Waals surface area contributed by atoms with Gasteiger partial charge in [0.1, 0.15) is 0 Å². The molecule has 0 saturated heterocycles. The lowest BCUT2D eigenvalue weighted by atomic mass is 10.0. The molecular formula is C18H24Cl2N2O. The molecule has 2 aromatic rings. The van der Waals surface area contributed by atoms with Crippen LogP contribution in [0.15, 0.2) is 54.6 Å². The molecule has 0 heterocycles. The van der Waals surface area contributed by atoms with Crippen LogP contribution in [0.3, 0.4) is 0 Å². The Morgan fingerprint density at radius 2 is 1.57 bits per heavy atom. The second kappa shape index (κ2) is 10.3. The standard InChI is InChI=1S/C18H22N2O.2ClH/c1-14(19-13-15-7-5-4-6-8-15)18(21)16-9-11-17(12-10-16)20(2)3;;/h4-12,14,19H,13H2,1-3H3;2*1H. The van der Waals surface area contributed by atoms with Crippen LogP contribution in [-0.2, 0) is 6.54 Å². The predicted octanol–water partition coefficient (Wildman–Crippen LogP) is 3.96. The van der Waals surface area contributed by atoms with E-state index in [9.17, 15) is 4.79 Å². The fourth-order valence-electron chi connectivity index (χ4n) is 2.13. The van der Waals surface area contributed by atoms with E-state index in [-0.39, 0.29) is 36.6 Å². The third-order valence-electron chi connectivity index (χ3n) is 3.52. The maximum atomic E-state index is 12.4. The number of carbonyl (C=O) groups is 1. The van der Waals surface area contributed by atoms with Gasteiger partial charge in [-0.2, -0.15) is 0 Å². The summed E-state index contributed by atoms with van der Waals surface area (Å²) in [5.74, 6) is 0.122. The molecule has 5 heteroatoms. The first kappa shape index (κ1) is 21.4. The smallest absolute Gasteiger partial charge is 0.179 e. The van der Waals surface area contributed by atoms with Crippen molar-refractivity contribution in [3.63, 3.8) is 0 Å². The van der Waals surface area contributed by atoms with Gasteiger partial charge in [-0.05, 0) is 36.8 Å². The average molecular weight is 355 g/mol. The second-order valence-corrected chi connectivity index (χ2v) is 5.39. The van der Waals surface area contributed by atoms with Gasteiger partial charge in [0, 0.05) is 31.9 Å². The van der Waals surface area contributed by atoms with Gasteiger partial charge in [0.05, 0.1) is 6.04 Å². The first-order valence-corrected chi connectivity index (χ1v) is 7.17. The molecule has 0 radical (unpaired) electrons. The van der Waals surface area contributed by atoms with Gasteiger partial charge < -0.3 is 10.2 Å². The molecule has 0 aliphatic heterocycles. The van der Waals surface area contributed by atoms with E-state index in [0.717, 1.165) is 11.3 Å². The Balaban J connectivity index is 0.00000242. The average Bonchev–Trinajstić information content (AvgIpc) is 2.53. The molecule has 2 rings (SSSR count). The van der Waals surface area contributed by atoms with Crippen LogP contribution in [-0.4, -0.2) is 25.9 Å². The molecule has 1 N–H and O–H groups in total. The summed E-state index contributed by atoms with van der Waals surface area (Å²) in [7, 11) is 3.97. The minimum atomic E-state index is -0.199. The van der Waals surface area contributed by atoms with Crippen molar-refractivity contribution in [3.05, 3.63) is 65.7 Å². The lowest BCUT2D eigenvalue weighted by Gasteiger charge is -2.15. The third kappa shape index (κ3) is 6.22. The van der Waals surface area contributed by atoms with Crippen molar-refractivity contribution < 1.29 is 4.79 Å². The number of carbonyl (C=O) groups excluding carboxylic acids is 1. The van der Waals surface area contributed by atoms with Gasteiger partial charge in [-0.1, -0.05) is 30.3 Å². The second-order valence-electron chi connectivity index (χ2n) is 5.39. The summed E-state index contributed by atoms with van der Waals surface area (Å²) in [6.07, 6.45) is 0. The highest BCUT2D eigenvalue weighted by Crippen LogP contribution is 2.13. The van der Waals surface area contributed by atoms with Crippen molar-refractivity contribution in [2.24, 2.45) is 0 Å². The number of nitrogens with zero attached hydrogens (tertiary/aromatic N) is 1. The minimum absolute atomic E-state index is 0. The summed E-state index contributed by atoms with van der Waals surface area (Å²) in [5, 5.41) is 3.27. The normalized spacial score (nSPS) is 10.9. The Kier molecular flexibility index (Phi) is 9.58. The Morgan fingerprint density at radius 1 is 1.00 bits per heavy atom. The largest absolute Gasteiger partial charge is 0.378 e. The number of nitrogens with one attached hydrogen (secondary N) is 1. The van der Waals surface area contributed by atoms with Crippen LogP contribution in [0.5, 0.6) is 0 Å². The molecule has 0 amide bonds. The summed E-state index contributed by atoms with van der Waals surface area (Å²) in [6, 6.07) is 17.6. The number of hydrogen-bond donors (Lipinski definition) is 1. The summed E-state index contributed by atoms with van der Waals surface area (Å²) < 4.78 is 0. The topological polar surface area (TPSA) is 32.3 Å². The highest BCUT2D eigenvalue weighted by atomic mass is 35.5. The Labute approximate surface area is 150 Å². The number of benzene rings is 2. The fourth-order valence-corrected chi connectivity index (χ4v) is 2.13. The molecule has 23 heavy (non-hydrogen) atoms. The summed E-state index contributed by atoms with van der Waals surface area (Å²) in [6.45, 7) is 2.61. The fraction of sp³-hybridized carbons (Fsp3) is 0.278. The van der Waals surface area contributed by atoms with Crippen LogP contribution in [0.4, 0.5) is 5.69 Å². The van der Waals surface area contributed by atoms with E-state index in [0.29, 0.717) is 6.54 Å². The Hall–Kier alpha value is -1.55. The van der Waals surface area contributed by atoms with Crippen molar-refractivity contribution in [2.45, 2.75) is 19.5 Å². The Bertz CT molecular complexity index is 586. The van der Waals surface area contributed by atoms with Crippen LogP contribution in [0.1, 0.15) is 22.8 Å². The van der Waals surface area contributed by atoms with Gasteiger partial charge in [0.25, 0.3) is 0 Å². The highest BCUT2D eigenvalue weighted by Gasteiger charge is 2.14.